The maximum absolute atomic E-state index is 8.58. The number of rotatable bonds is 2. The molecular weight excluding hydrogens is 160 g/mol. The Morgan fingerprint density at radius 1 is 0.750 bits per heavy atom. The molecule has 0 aliphatic rings. The molecule has 0 spiro atoms. The van der Waals surface area contributed by atoms with E-state index in [1.54, 1.807) is 27.7 Å². The first-order valence-corrected chi connectivity index (χ1v) is 3.79. The predicted molar refractivity (Wildman–Crippen MR) is 46.8 cm³/mol. The average Bonchev–Trinajstić information content (AvgIpc) is 1.86. The van der Waals surface area contributed by atoms with Crippen molar-refractivity contribution in [3.63, 3.8) is 0 Å². The summed E-state index contributed by atoms with van der Waals surface area (Å²) in [6.45, 7) is 5.85. The highest BCUT2D eigenvalue weighted by Crippen LogP contribution is 1.95. The zero-order valence-electron chi connectivity index (χ0n) is 8.20. The van der Waals surface area contributed by atoms with Crippen LogP contribution in [0.25, 0.3) is 0 Å². The molecule has 0 aromatic heterocycles. The second kappa shape index (κ2) is 5.48. The molecule has 76 valence electrons. The smallest absolute Gasteiger partial charge is 0.0821 e. The van der Waals surface area contributed by atoms with Gasteiger partial charge in [0.15, 0.2) is 0 Å². The van der Waals surface area contributed by atoms with Gasteiger partial charge in [-0.3, -0.25) is 0 Å². The maximum Gasteiger partial charge on any atom is 0.0821 e. The van der Waals surface area contributed by atoms with Crippen LogP contribution in [-0.2, 0) is 0 Å². The predicted octanol–water partition coefficient (Wildman–Crippen LogP) is -0.501. The van der Waals surface area contributed by atoms with Crippen molar-refractivity contribution in [3.8, 4) is 0 Å². The largest absolute Gasteiger partial charge is 0.393 e. The van der Waals surface area contributed by atoms with Gasteiger partial charge >= 0.3 is 0 Å². The van der Waals surface area contributed by atoms with Crippen LogP contribution >= 0.6 is 0 Å². The highest BCUT2D eigenvalue weighted by molar-refractivity contribution is 4.60. The van der Waals surface area contributed by atoms with E-state index in [0.717, 1.165) is 0 Å². The second-order valence-corrected chi connectivity index (χ2v) is 3.94. The monoisotopic (exact) mass is 180 g/mol. The van der Waals surface area contributed by atoms with Crippen LogP contribution in [0.2, 0.25) is 0 Å². The van der Waals surface area contributed by atoms with Gasteiger partial charge in [0.05, 0.1) is 24.4 Å². The molecular formula is C8H20O4. The molecule has 0 heterocycles. The zero-order valence-corrected chi connectivity index (χ0v) is 8.20. The highest BCUT2D eigenvalue weighted by Gasteiger charge is 2.08. The lowest BCUT2D eigenvalue weighted by molar-refractivity contribution is 0.0181. The van der Waals surface area contributed by atoms with Gasteiger partial charge in [0, 0.05) is 0 Å². The van der Waals surface area contributed by atoms with Gasteiger partial charge in [-0.1, -0.05) is 0 Å². The summed E-state index contributed by atoms with van der Waals surface area (Å²) < 4.78 is 0. The standard InChI is InChI=1S/2C4H10O2/c2*1-4(2,6)3-5/h2*5-6H,3H2,1-2H3. The Morgan fingerprint density at radius 3 is 0.833 bits per heavy atom. The Balaban J connectivity index is 0. The summed E-state index contributed by atoms with van der Waals surface area (Å²) in [6.07, 6.45) is 0. The molecule has 0 saturated heterocycles. The lowest BCUT2D eigenvalue weighted by Gasteiger charge is -2.10. The molecule has 0 bridgehead atoms. The molecule has 0 amide bonds. The van der Waals surface area contributed by atoms with E-state index < -0.39 is 11.2 Å². The average molecular weight is 180 g/mol. The lowest BCUT2D eigenvalue weighted by Crippen LogP contribution is -2.23. The van der Waals surface area contributed by atoms with Gasteiger partial charge in [0.25, 0.3) is 0 Å². The third-order valence-corrected chi connectivity index (χ3v) is 0.774. The molecule has 0 atom stereocenters. The second-order valence-electron chi connectivity index (χ2n) is 3.94. The van der Waals surface area contributed by atoms with E-state index in [1.807, 2.05) is 0 Å². The first kappa shape index (κ1) is 14.4. The fraction of sp³-hybridized carbons (Fsp3) is 1.00. The van der Waals surface area contributed by atoms with Gasteiger partial charge in [-0.2, -0.15) is 0 Å². The summed E-state index contributed by atoms with van der Waals surface area (Å²) >= 11 is 0. The van der Waals surface area contributed by atoms with Crippen molar-refractivity contribution >= 4 is 0 Å². The van der Waals surface area contributed by atoms with Gasteiger partial charge in [0.1, 0.15) is 0 Å². The summed E-state index contributed by atoms with van der Waals surface area (Å²) in [5, 5.41) is 33.5. The third-order valence-electron chi connectivity index (χ3n) is 0.774. The summed E-state index contributed by atoms with van der Waals surface area (Å²) in [6, 6.07) is 0. The minimum atomic E-state index is -0.903. The van der Waals surface area contributed by atoms with E-state index in [-0.39, 0.29) is 13.2 Å². The Bertz CT molecular complexity index is 84.6. The van der Waals surface area contributed by atoms with Gasteiger partial charge in [-0.05, 0) is 27.7 Å². The molecule has 0 rings (SSSR count). The van der Waals surface area contributed by atoms with Crippen molar-refractivity contribution in [2.45, 2.75) is 38.9 Å². The summed E-state index contributed by atoms with van der Waals surface area (Å²) in [4.78, 5) is 0. The van der Waals surface area contributed by atoms with E-state index in [1.165, 1.54) is 0 Å². The van der Waals surface area contributed by atoms with Crippen molar-refractivity contribution in [1.29, 1.82) is 0 Å². The van der Waals surface area contributed by atoms with Crippen molar-refractivity contribution in [1.82, 2.24) is 0 Å². The van der Waals surface area contributed by atoms with Crippen molar-refractivity contribution in [3.05, 3.63) is 0 Å². The fourth-order valence-corrected chi connectivity index (χ4v) is 0. The first-order valence-electron chi connectivity index (χ1n) is 3.79. The van der Waals surface area contributed by atoms with Crippen LogP contribution in [-0.4, -0.2) is 44.8 Å². The first-order chi connectivity index (χ1) is 5.12. The molecule has 0 aliphatic heterocycles. The van der Waals surface area contributed by atoms with Crippen LogP contribution in [0.5, 0.6) is 0 Å². The number of aliphatic hydroxyl groups excluding tert-OH is 2. The molecule has 4 nitrogen and oxygen atoms in total. The number of hydrogen-bond donors (Lipinski definition) is 4. The van der Waals surface area contributed by atoms with E-state index in [4.69, 9.17) is 20.4 Å². The summed E-state index contributed by atoms with van der Waals surface area (Å²) in [5.74, 6) is 0. The topological polar surface area (TPSA) is 80.9 Å². The molecule has 12 heavy (non-hydrogen) atoms. The van der Waals surface area contributed by atoms with Crippen LogP contribution in [0, 0.1) is 0 Å². The van der Waals surface area contributed by atoms with Crippen molar-refractivity contribution in [2.24, 2.45) is 0 Å². The van der Waals surface area contributed by atoms with Crippen LogP contribution in [0.1, 0.15) is 27.7 Å². The van der Waals surface area contributed by atoms with Crippen LogP contribution in [0.15, 0.2) is 0 Å². The quantitative estimate of drug-likeness (QED) is 0.462. The molecule has 0 saturated carbocycles. The molecule has 4 N–H and O–H groups in total. The molecule has 0 fully saturated rings. The molecule has 0 aromatic carbocycles. The van der Waals surface area contributed by atoms with E-state index in [2.05, 4.69) is 0 Å². The Kier molecular flexibility index (Phi) is 6.56. The number of hydrogen-bond acceptors (Lipinski definition) is 4. The number of aliphatic hydroxyl groups is 4. The van der Waals surface area contributed by atoms with Crippen LogP contribution in [0.4, 0.5) is 0 Å². The van der Waals surface area contributed by atoms with Gasteiger partial charge in [0.2, 0.25) is 0 Å². The molecule has 0 aliphatic carbocycles. The summed E-state index contributed by atoms with van der Waals surface area (Å²) in [7, 11) is 0. The Labute approximate surface area is 73.5 Å². The third kappa shape index (κ3) is 22.5. The zero-order chi connectivity index (χ0) is 10.4. The van der Waals surface area contributed by atoms with Gasteiger partial charge in [-0.15, -0.1) is 0 Å². The van der Waals surface area contributed by atoms with Crippen LogP contribution in [0.3, 0.4) is 0 Å². The van der Waals surface area contributed by atoms with Crippen LogP contribution < -0.4 is 0 Å². The van der Waals surface area contributed by atoms with Crippen molar-refractivity contribution in [2.75, 3.05) is 13.2 Å². The minimum Gasteiger partial charge on any atom is -0.393 e. The normalized spacial score (nSPS) is 12.0. The molecule has 4 heteroatoms. The lowest BCUT2D eigenvalue weighted by atomic mass is 10.2. The summed E-state index contributed by atoms with van der Waals surface area (Å²) in [5.41, 5.74) is -1.81. The fourth-order valence-electron chi connectivity index (χ4n) is 0. The molecule has 0 radical (unpaired) electrons. The van der Waals surface area contributed by atoms with Gasteiger partial charge in [-0.25, -0.2) is 0 Å². The van der Waals surface area contributed by atoms with Crippen molar-refractivity contribution < 1.29 is 20.4 Å². The Hall–Kier alpha value is -0.160. The SMILES string of the molecule is CC(C)(O)CO.CC(C)(O)CO. The molecule has 0 aromatic rings. The Morgan fingerprint density at radius 2 is 0.833 bits per heavy atom. The van der Waals surface area contributed by atoms with Gasteiger partial charge < -0.3 is 20.4 Å². The van der Waals surface area contributed by atoms with E-state index in [0.29, 0.717) is 0 Å². The molecule has 0 unspecified atom stereocenters. The van der Waals surface area contributed by atoms with E-state index in [9.17, 15) is 0 Å². The maximum atomic E-state index is 8.58. The highest BCUT2D eigenvalue weighted by atomic mass is 16.3. The van der Waals surface area contributed by atoms with E-state index >= 15 is 0 Å². The minimum absolute atomic E-state index is 0.174.